The number of hydrogen-bond acceptors (Lipinski definition) is 2. The standard InChI is InChI=1S/C15H17NO/c17-11-14-6-13-7-15(8-14)16(10-13)9-12-4-2-1-3-5-12/h1-5,13,15H,6-10H2. The normalized spacial score (nSPS) is 28.1. The van der Waals surface area contributed by atoms with Crippen molar-refractivity contribution >= 4 is 5.94 Å². The Morgan fingerprint density at radius 1 is 1.24 bits per heavy atom. The van der Waals surface area contributed by atoms with Crippen LogP contribution in [0.4, 0.5) is 0 Å². The molecule has 2 unspecified atom stereocenters. The Labute approximate surface area is 102 Å². The maximum Gasteiger partial charge on any atom is 0.123 e. The van der Waals surface area contributed by atoms with Crippen molar-refractivity contribution in [2.45, 2.75) is 31.8 Å². The van der Waals surface area contributed by atoms with Crippen LogP contribution < -0.4 is 0 Å². The van der Waals surface area contributed by atoms with Crippen molar-refractivity contribution < 1.29 is 4.79 Å². The van der Waals surface area contributed by atoms with Gasteiger partial charge in [0.1, 0.15) is 5.94 Å². The Kier molecular flexibility index (Phi) is 2.84. The van der Waals surface area contributed by atoms with Crippen molar-refractivity contribution in [2.75, 3.05) is 6.54 Å². The quantitative estimate of drug-likeness (QED) is 0.723. The first-order valence-corrected chi connectivity index (χ1v) is 6.36. The number of fused-ring (bicyclic) bond motifs is 2. The molecule has 2 nitrogen and oxygen atoms in total. The molecule has 2 bridgehead atoms. The largest absolute Gasteiger partial charge is 0.295 e. The third-order valence-corrected chi connectivity index (χ3v) is 4.00. The van der Waals surface area contributed by atoms with Crippen LogP contribution in [0.5, 0.6) is 0 Å². The SMILES string of the molecule is O=C=C1CC2CC(C1)N(Cc1ccccc1)C2. The molecule has 1 heterocycles. The molecule has 3 rings (SSSR count). The van der Waals surface area contributed by atoms with E-state index in [4.69, 9.17) is 0 Å². The van der Waals surface area contributed by atoms with Crippen molar-refractivity contribution in [3.8, 4) is 0 Å². The van der Waals surface area contributed by atoms with E-state index >= 15 is 0 Å². The molecule has 0 spiro atoms. The smallest absolute Gasteiger partial charge is 0.123 e. The van der Waals surface area contributed by atoms with Crippen LogP contribution in [0.3, 0.4) is 0 Å². The van der Waals surface area contributed by atoms with Crippen molar-refractivity contribution in [1.82, 2.24) is 4.90 Å². The number of carbonyl (C=O) groups excluding carboxylic acids is 1. The zero-order chi connectivity index (χ0) is 11.7. The lowest BCUT2D eigenvalue weighted by molar-refractivity contribution is 0.246. The van der Waals surface area contributed by atoms with E-state index < -0.39 is 0 Å². The molecule has 1 aromatic rings. The van der Waals surface area contributed by atoms with Crippen molar-refractivity contribution in [3.05, 3.63) is 41.5 Å². The predicted molar refractivity (Wildman–Crippen MR) is 67.2 cm³/mol. The third-order valence-electron chi connectivity index (χ3n) is 4.00. The fraction of sp³-hybridized carbons (Fsp3) is 0.467. The fourth-order valence-electron chi connectivity index (χ4n) is 3.26. The number of hydrogen-bond donors (Lipinski definition) is 0. The Hall–Kier alpha value is -1.37. The first-order valence-electron chi connectivity index (χ1n) is 6.36. The lowest BCUT2D eigenvalue weighted by atomic mass is 9.87. The number of rotatable bonds is 2. The van der Waals surface area contributed by atoms with Gasteiger partial charge in [0.15, 0.2) is 0 Å². The molecule has 1 saturated heterocycles. The number of nitrogens with zero attached hydrogens (tertiary/aromatic N) is 1. The molecule has 0 N–H and O–H groups in total. The van der Waals surface area contributed by atoms with Crippen molar-refractivity contribution in [2.24, 2.45) is 5.92 Å². The van der Waals surface area contributed by atoms with Crippen LogP contribution >= 0.6 is 0 Å². The molecular weight excluding hydrogens is 210 g/mol. The molecule has 0 radical (unpaired) electrons. The molecule has 0 amide bonds. The number of likely N-dealkylation sites (tertiary alicyclic amines) is 1. The Bertz CT molecular complexity index is 447. The summed E-state index contributed by atoms with van der Waals surface area (Å²) in [6.45, 7) is 2.17. The Morgan fingerprint density at radius 3 is 2.82 bits per heavy atom. The summed E-state index contributed by atoms with van der Waals surface area (Å²) in [4.78, 5) is 13.3. The molecule has 2 aliphatic rings. The Morgan fingerprint density at radius 2 is 2.06 bits per heavy atom. The minimum atomic E-state index is 0.574. The topological polar surface area (TPSA) is 20.3 Å². The molecule has 88 valence electrons. The summed E-state index contributed by atoms with van der Waals surface area (Å²) in [5.41, 5.74) is 2.37. The van der Waals surface area contributed by atoms with Gasteiger partial charge in [0.05, 0.1) is 0 Å². The number of benzene rings is 1. The van der Waals surface area contributed by atoms with Crippen molar-refractivity contribution in [3.63, 3.8) is 0 Å². The second-order valence-corrected chi connectivity index (χ2v) is 5.28. The zero-order valence-corrected chi connectivity index (χ0v) is 9.93. The molecule has 1 aliphatic carbocycles. The average molecular weight is 227 g/mol. The van der Waals surface area contributed by atoms with E-state index in [0.29, 0.717) is 12.0 Å². The van der Waals surface area contributed by atoms with Gasteiger partial charge in [0.2, 0.25) is 0 Å². The molecule has 2 atom stereocenters. The fourth-order valence-corrected chi connectivity index (χ4v) is 3.26. The molecular formula is C15H17NO. The van der Waals surface area contributed by atoms with Gasteiger partial charge in [-0.1, -0.05) is 30.3 Å². The van der Waals surface area contributed by atoms with E-state index in [1.165, 1.54) is 12.0 Å². The van der Waals surface area contributed by atoms with Gasteiger partial charge in [-0.3, -0.25) is 4.90 Å². The van der Waals surface area contributed by atoms with Crippen LogP contribution in [0.1, 0.15) is 24.8 Å². The highest BCUT2D eigenvalue weighted by Gasteiger charge is 2.37. The lowest BCUT2D eigenvalue weighted by Gasteiger charge is -2.24. The zero-order valence-electron chi connectivity index (χ0n) is 9.93. The minimum Gasteiger partial charge on any atom is -0.295 e. The van der Waals surface area contributed by atoms with Gasteiger partial charge in [-0.15, -0.1) is 0 Å². The van der Waals surface area contributed by atoms with Gasteiger partial charge in [-0.05, 0) is 30.7 Å². The first-order chi connectivity index (χ1) is 8.35. The van der Waals surface area contributed by atoms with Crippen LogP contribution in [-0.2, 0) is 11.3 Å². The van der Waals surface area contributed by atoms with Gasteiger partial charge < -0.3 is 0 Å². The third kappa shape index (κ3) is 2.19. The van der Waals surface area contributed by atoms with Crippen LogP contribution in [-0.4, -0.2) is 23.4 Å². The van der Waals surface area contributed by atoms with Crippen LogP contribution in [0, 0.1) is 5.92 Å². The van der Waals surface area contributed by atoms with Gasteiger partial charge >= 0.3 is 0 Å². The van der Waals surface area contributed by atoms with Gasteiger partial charge in [0.25, 0.3) is 0 Å². The van der Waals surface area contributed by atoms with Crippen LogP contribution in [0.2, 0.25) is 0 Å². The highest BCUT2D eigenvalue weighted by atomic mass is 16.1. The summed E-state index contributed by atoms with van der Waals surface area (Å²) in [6.07, 6.45) is 3.18. The molecule has 0 aromatic heterocycles. The molecule has 17 heavy (non-hydrogen) atoms. The maximum atomic E-state index is 10.8. The second kappa shape index (κ2) is 4.48. The summed E-state index contributed by atoms with van der Waals surface area (Å²) in [5.74, 6) is 2.82. The molecule has 1 aromatic carbocycles. The van der Waals surface area contributed by atoms with E-state index in [-0.39, 0.29) is 0 Å². The monoisotopic (exact) mass is 227 g/mol. The second-order valence-electron chi connectivity index (χ2n) is 5.28. The van der Waals surface area contributed by atoms with Crippen molar-refractivity contribution in [1.29, 1.82) is 0 Å². The lowest BCUT2D eigenvalue weighted by Crippen LogP contribution is -2.28. The molecule has 2 fully saturated rings. The van der Waals surface area contributed by atoms with E-state index in [1.807, 2.05) is 0 Å². The highest BCUT2D eigenvalue weighted by Crippen LogP contribution is 2.38. The maximum absolute atomic E-state index is 10.8. The summed E-state index contributed by atoms with van der Waals surface area (Å²) >= 11 is 0. The average Bonchev–Trinajstić information content (AvgIpc) is 2.65. The minimum absolute atomic E-state index is 0.574. The van der Waals surface area contributed by atoms with Gasteiger partial charge in [-0.2, -0.15) is 0 Å². The van der Waals surface area contributed by atoms with Gasteiger partial charge in [0, 0.05) is 24.7 Å². The van der Waals surface area contributed by atoms with Crippen LogP contribution in [0.25, 0.3) is 0 Å². The summed E-state index contributed by atoms with van der Waals surface area (Å²) in [6, 6.07) is 11.2. The summed E-state index contributed by atoms with van der Waals surface area (Å²) in [5, 5.41) is 0. The van der Waals surface area contributed by atoms with Crippen LogP contribution in [0.15, 0.2) is 35.9 Å². The highest BCUT2D eigenvalue weighted by molar-refractivity contribution is 5.53. The van der Waals surface area contributed by atoms with Gasteiger partial charge in [-0.25, -0.2) is 4.79 Å². The van der Waals surface area contributed by atoms with E-state index in [2.05, 4.69) is 41.2 Å². The molecule has 2 heteroatoms. The Balaban J connectivity index is 1.72. The molecule has 1 aliphatic heterocycles. The van der Waals surface area contributed by atoms with E-state index in [9.17, 15) is 4.79 Å². The predicted octanol–water partition coefficient (Wildman–Crippen LogP) is 2.43. The van der Waals surface area contributed by atoms with E-state index in [1.54, 1.807) is 0 Å². The summed E-state index contributed by atoms with van der Waals surface area (Å²) < 4.78 is 0. The summed E-state index contributed by atoms with van der Waals surface area (Å²) in [7, 11) is 0. The first kappa shape index (κ1) is 10.8. The molecule has 1 saturated carbocycles. The van der Waals surface area contributed by atoms with E-state index in [0.717, 1.165) is 31.5 Å².